The first-order chi connectivity index (χ1) is 8.75. The maximum atomic E-state index is 5.26. The molecule has 0 bridgehead atoms. The fourth-order valence-electron chi connectivity index (χ4n) is 2.06. The number of aromatic nitrogens is 2. The SMILES string of the molecule is CC1(CNc2cccc(-n3ccnc3)c2)COC1. The van der Waals surface area contributed by atoms with E-state index in [-0.39, 0.29) is 5.41 Å². The van der Waals surface area contributed by atoms with Gasteiger partial charge in [-0.05, 0) is 18.2 Å². The third-order valence-electron chi connectivity index (χ3n) is 3.27. The second kappa shape index (κ2) is 4.46. The largest absolute Gasteiger partial charge is 0.384 e. The van der Waals surface area contributed by atoms with E-state index < -0.39 is 0 Å². The molecule has 0 atom stereocenters. The fraction of sp³-hybridized carbons (Fsp3) is 0.357. The summed E-state index contributed by atoms with van der Waals surface area (Å²) in [6.07, 6.45) is 5.53. The van der Waals surface area contributed by atoms with E-state index in [0.717, 1.165) is 31.1 Å². The molecule has 2 heterocycles. The van der Waals surface area contributed by atoms with Gasteiger partial charge < -0.3 is 14.6 Å². The van der Waals surface area contributed by atoms with Crippen molar-refractivity contribution in [2.24, 2.45) is 5.41 Å². The number of anilines is 1. The Morgan fingerprint density at radius 2 is 2.33 bits per heavy atom. The summed E-state index contributed by atoms with van der Waals surface area (Å²) in [5, 5.41) is 3.48. The number of nitrogens with one attached hydrogen (secondary N) is 1. The molecular weight excluding hydrogens is 226 g/mol. The molecule has 0 saturated carbocycles. The van der Waals surface area contributed by atoms with Crippen molar-refractivity contribution in [3.8, 4) is 5.69 Å². The van der Waals surface area contributed by atoms with Crippen LogP contribution >= 0.6 is 0 Å². The predicted octanol–water partition coefficient (Wildman–Crippen LogP) is 2.32. The van der Waals surface area contributed by atoms with Crippen molar-refractivity contribution in [1.29, 1.82) is 0 Å². The Labute approximate surface area is 107 Å². The highest BCUT2D eigenvalue weighted by Crippen LogP contribution is 2.27. The second-order valence-electron chi connectivity index (χ2n) is 5.18. The van der Waals surface area contributed by atoms with E-state index in [1.807, 2.05) is 10.8 Å². The smallest absolute Gasteiger partial charge is 0.0991 e. The average Bonchev–Trinajstić information content (AvgIpc) is 2.88. The van der Waals surface area contributed by atoms with Crippen LogP contribution in [0.5, 0.6) is 0 Å². The zero-order valence-corrected chi connectivity index (χ0v) is 10.5. The zero-order chi connectivity index (χ0) is 12.4. The Hall–Kier alpha value is -1.81. The number of nitrogens with zero attached hydrogens (tertiary/aromatic N) is 2. The summed E-state index contributed by atoms with van der Waals surface area (Å²) in [5.74, 6) is 0. The topological polar surface area (TPSA) is 39.1 Å². The van der Waals surface area contributed by atoms with Gasteiger partial charge in [-0.25, -0.2) is 4.98 Å². The van der Waals surface area contributed by atoms with Crippen molar-refractivity contribution in [2.75, 3.05) is 25.1 Å². The van der Waals surface area contributed by atoms with Crippen LogP contribution in [0.2, 0.25) is 0 Å². The molecule has 1 aliphatic heterocycles. The van der Waals surface area contributed by atoms with Gasteiger partial charge in [0.25, 0.3) is 0 Å². The molecule has 4 nitrogen and oxygen atoms in total. The summed E-state index contributed by atoms with van der Waals surface area (Å²) < 4.78 is 7.26. The third kappa shape index (κ3) is 2.24. The molecule has 94 valence electrons. The van der Waals surface area contributed by atoms with Crippen LogP contribution in [0.25, 0.3) is 5.69 Å². The first-order valence-corrected chi connectivity index (χ1v) is 6.15. The Bertz CT molecular complexity index is 518. The maximum Gasteiger partial charge on any atom is 0.0991 e. The summed E-state index contributed by atoms with van der Waals surface area (Å²) in [7, 11) is 0. The van der Waals surface area contributed by atoms with Crippen LogP contribution in [0.3, 0.4) is 0 Å². The molecule has 0 radical (unpaired) electrons. The standard InChI is InChI=1S/C14H17N3O/c1-14(9-18-10-14)8-16-12-3-2-4-13(7-12)17-6-5-15-11-17/h2-7,11,16H,8-10H2,1H3. The van der Waals surface area contributed by atoms with Gasteiger partial charge in [-0.2, -0.15) is 0 Å². The normalized spacial score (nSPS) is 17.2. The molecule has 1 aromatic carbocycles. The molecule has 1 N–H and O–H groups in total. The van der Waals surface area contributed by atoms with Gasteiger partial charge in [0.05, 0.1) is 19.5 Å². The lowest BCUT2D eigenvalue weighted by molar-refractivity contribution is -0.0924. The number of rotatable bonds is 4. The van der Waals surface area contributed by atoms with E-state index in [2.05, 4.69) is 41.5 Å². The van der Waals surface area contributed by atoms with Crippen LogP contribution < -0.4 is 5.32 Å². The predicted molar refractivity (Wildman–Crippen MR) is 71.0 cm³/mol. The molecule has 0 spiro atoms. The van der Waals surface area contributed by atoms with Crippen molar-refractivity contribution in [3.05, 3.63) is 43.0 Å². The van der Waals surface area contributed by atoms with E-state index in [0.29, 0.717) is 0 Å². The number of ether oxygens (including phenoxy) is 1. The van der Waals surface area contributed by atoms with Gasteiger partial charge in [0.15, 0.2) is 0 Å². The minimum Gasteiger partial charge on any atom is -0.384 e. The Morgan fingerprint density at radius 3 is 3.00 bits per heavy atom. The summed E-state index contributed by atoms with van der Waals surface area (Å²) >= 11 is 0. The van der Waals surface area contributed by atoms with Gasteiger partial charge in [-0.15, -0.1) is 0 Å². The van der Waals surface area contributed by atoms with Crippen LogP contribution in [0, 0.1) is 5.41 Å². The van der Waals surface area contributed by atoms with Gasteiger partial charge in [0.1, 0.15) is 0 Å². The second-order valence-corrected chi connectivity index (χ2v) is 5.18. The molecule has 1 fully saturated rings. The van der Waals surface area contributed by atoms with Crippen LogP contribution in [-0.4, -0.2) is 29.3 Å². The lowest BCUT2D eigenvalue weighted by Crippen LogP contribution is -2.45. The molecule has 0 unspecified atom stereocenters. The molecule has 2 aromatic rings. The lowest BCUT2D eigenvalue weighted by atomic mass is 9.89. The number of hydrogen-bond acceptors (Lipinski definition) is 3. The average molecular weight is 243 g/mol. The van der Waals surface area contributed by atoms with Crippen molar-refractivity contribution in [1.82, 2.24) is 9.55 Å². The highest BCUT2D eigenvalue weighted by atomic mass is 16.5. The zero-order valence-electron chi connectivity index (χ0n) is 10.5. The number of hydrogen-bond donors (Lipinski definition) is 1. The monoisotopic (exact) mass is 243 g/mol. The molecular formula is C14H17N3O. The molecule has 1 aromatic heterocycles. The van der Waals surface area contributed by atoms with Gasteiger partial charge in [0.2, 0.25) is 0 Å². The van der Waals surface area contributed by atoms with Gasteiger partial charge in [0, 0.05) is 35.7 Å². The summed E-state index contributed by atoms with van der Waals surface area (Å²) in [5.41, 5.74) is 2.53. The van der Waals surface area contributed by atoms with Crippen molar-refractivity contribution in [3.63, 3.8) is 0 Å². The summed E-state index contributed by atoms with van der Waals surface area (Å²) in [6.45, 7) is 4.88. The Kier molecular flexibility index (Phi) is 2.80. The third-order valence-corrected chi connectivity index (χ3v) is 3.27. The molecule has 0 amide bonds. The van der Waals surface area contributed by atoms with Crippen molar-refractivity contribution < 1.29 is 4.74 Å². The first kappa shape index (κ1) is 11.3. The van der Waals surface area contributed by atoms with Crippen LogP contribution in [-0.2, 0) is 4.74 Å². The minimum absolute atomic E-state index is 0.283. The van der Waals surface area contributed by atoms with Crippen molar-refractivity contribution >= 4 is 5.69 Å². The van der Waals surface area contributed by atoms with Gasteiger partial charge in [-0.1, -0.05) is 13.0 Å². The molecule has 1 saturated heterocycles. The molecule has 4 heteroatoms. The fourth-order valence-corrected chi connectivity index (χ4v) is 2.06. The van der Waals surface area contributed by atoms with Gasteiger partial charge in [-0.3, -0.25) is 0 Å². The highest BCUT2D eigenvalue weighted by molar-refractivity contribution is 5.51. The summed E-state index contributed by atoms with van der Waals surface area (Å²) in [6, 6.07) is 8.34. The van der Waals surface area contributed by atoms with Crippen LogP contribution in [0.4, 0.5) is 5.69 Å². The first-order valence-electron chi connectivity index (χ1n) is 6.15. The van der Waals surface area contributed by atoms with E-state index in [9.17, 15) is 0 Å². The van der Waals surface area contributed by atoms with Crippen LogP contribution in [0.1, 0.15) is 6.92 Å². The molecule has 1 aliphatic rings. The molecule has 0 aliphatic carbocycles. The lowest BCUT2D eigenvalue weighted by Gasteiger charge is -2.38. The minimum atomic E-state index is 0.283. The van der Waals surface area contributed by atoms with Crippen molar-refractivity contribution in [2.45, 2.75) is 6.92 Å². The Balaban J connectivity index is 1.71. The highest BCUT2D eigenvalue weighted by Gasteiger charge is 2.32. The maximum absolute atomic E-state index is 5.26. The van der Waals surface area contributed by atoms with E-state index >= 15 is 0 Å². The number of benzene rings is 1. The van der Waals surface area contributed by atoms with E-state index in [1.54, 1.807) is 12.5 Å². The van der Waals surface area contributed by atoms with E-state index in [1.165, 1.54) is 0 Å². The summed E-state index contributed by atoms with van der Waals surface area (Å²) in [4.78, 5) is 4.06. The molecule has 3 rings (SSSR count). The van der Waals surface area contributed by atoms with E-state index in [4.69, 9.17) is 4.74 Å². The Morgan fingerprint density at radius 1 is 1.44 bits per heavy atom. The van der Waals surface area contributed by atoms with Crippen LogP contribution in [0.15, 0.2) is 43.0 Å². The van der Waals surface area contributed by atoms with Gasteiger partial charge >= 0.3 is 0 Å². The quantitative estimate of drug-likeness (QED) is 0.895. The number of imidazole rings is 1. The molecule has 18 heavy (non-hydrogen) atoms.